The fraction of sp³-hybridized carbons (Fsp3) is 0.714. The number of hydrogen-bond acceptors (Lipinski definition) is 3. The summed E-state index contributed by atoms with van der Waals surface area (Å²) in [5, 5.41) is 12.1. The molecule has 0 saturated heterocycles. The Labute approximate surface area is 114 Å². The lowest BCUT2D eigenvalue weighted by atomic mass is 9.94. The minimum Gasteiger partial charge on any atom is -0.396 e. The van der Waals surface area contributed by atoms with Crippen molar-refractivity contribution in [3.63, 3.8) is 0 Å². The molecule has 2 unspecified atom stereocenters. The highest BCUT2D eigenvalue weighted by Gasteiger charge is 2.27. The van der Waals surface area contributed by atoms with Gasteiger partial charge in [0, 0.05) is 43.9 Å². The van der Waals surface area contributed by atoms with Gasteiger partial charge in [-0.1, -0.05) is 13.8 Å². The van der Waals surface area contributed by atoms with Gasteiger partial charge >= 0.3 is 0 Å². The molecule has 1 aliphatic heterocycles. The van der Waals surface area contributed by atoms with Crippen molar-refractivity contribution in [2.45, 2.75) is 45.7 Å². The molecule has 1 amide bonds. The van der Waals surface area contributed by atoms with Crippen molar-refractivity contribution >= 4 is 5.91 Å². The monoisotopic (exact) mass is 265 g/mol. The number of aliphatic hydroxyl groups is 1. The van der Waals surface area contributed by atoms with Gasteiger partial charge in [0.25, 0.3) is 0 Å². The smallest absolute Gasteiger partial charge is 0.223 e. The first-order valence-electron chi connectivity index (χ1n) is 7.03. The second kappa shape index (κ2) is 6.19. The SMILES string of the molecule is CC(C)C(CCO)NC(=O)C1CCn2ccnc2C1. The zero-order valence-corrected chi connectivity index (χ0v) is 11.7. The Morgan fingerprint density at radius 3 is 3.11 bits per heavy atom. The van der Waals surface area contributed by atoms with E-state index in [4.69, 9.17) is 5.11 Å². The fourth-order valence-electron chi connectivity index (χ4n) is 2.59. The van der Waals surface area contributed by atoms with Crippen LogP contribution in [0.25, 0.3) is 0 Å². The number of fused-ring (bicyclic) bond motifs is 1. The van der Waals surface area contributed by atoms with E-state index in [0.717, 1.165) is 18.8 Å². The van der Waals surface area contributed by atoms with Crippen molar-refractivity contribution < 1.29 is 9.90 Å². The molecule has 1 aromatic rings. The topological polar surface area (TPSA) is 67.2 Å². The average Bonchev–Trinajstić information content (AvgIpc) is 2.85. The normalized spacial score (nSPS) is 20.1. The Kier molecular flexibility index (Phi) is 4.58. The van der Waals surface area contributed by atoms with Crippen molar-refractivity contribution in [3.05, 3.63) is 18.2 Å². The van der Waals surface area contributed by atoms with E-state index in [0.29, 0.717) is 18.8 Å². The minimum atomic E-state index is 0.00911. The highest BCUT2D eigenvalue weighted by Crippen LogP contribution is 2.20. The summed E-state index contributed by atoms with van der Waals surface area (Å²) in [5.74, 6) is 1.44. The summed E-state index contributed by atoms with van der Waals surface area (Å²) in [4.78, 5) is 16.6. The van der Waals surface area contributed by atoms with Gasteiger partial charge in [-0.2, -0.15) is 0 Å². The van der Waals surface area contributed by atoms with Crippen LogP contribution >= 0.6 is 0 Å². The Morgan fingerprint density at radius 2 is 2.42 bits per heavy atom. The number of aryl methyl sites for hydroxylation is 1. The van der Waals surface area contributed by atoms with Gasteiger partial charge in [0.05, 0.1) is 0 Å². The number of nitrogens with one attached hydrogen (secondary N) is 1. The lowest BCUT2D eigenvalue weighted by Crippen LogP contribution is -2.44. The van der Waals surface area contributed by atoms with Crippen molar-refractivity contribution in [1.29, 1.82) is 0 Å². The van der Waals surface area contributed by atoms with Gasteiger partial charge in [-0.25, -0.2) is 4.98 Å². The molecule has 0 saturated carbocycles. The number of carbonyl (C=O) groups excluding carboxylic acids is 1. The van der Waals surface area contributed by atoms with Crippen molar-refractivity contribution in [1.82, 2.24) is 14.9 Å². The first kappa shape index (κ1) is 14.1. The van der Waals surface area contributed by atoms with Crippen LogP contribution in [0.5, 0.6) is 0 Å². The standard InChI is InChI=1S/C14H23N3O2/c1-10(2)12(4-8-18)16-14(19)11-3-6-17-7-5-15-13(17)9-11/h5,7,10-12,18H,3-4,6,8-9H2,1-2H3,(H,16,19). The third-order valence-corrected chi connectivity index (χ3v) is 3.89. The number of aliphatic hydroxyl groups excluding tert-OH is 1. The molecule has 0 fully saturated rings. The van der Waals surface area contributed by atoms with Gasteiger partial charge < -0.3 is 15.0 Å². The van der Waals surface area contributed by atoms with Crippen LogP contribution in [0.2, 0.25) is 0 Å². The summed E-state index contributed by atoms with van der Waals surface area (Å²) < 4.78 is 2.11. The molecule has 19 heavy (non-hydrogen) atoms. The van der Waals surface area contributed by atoms with Crippen LogP contribution in [-0.2, 0) is 17.8 Å². The summed E-state index contributed by atoms with van der Waals surface area (Å²) in [7, 11) is 0. The summed E-state index contributed by atoms with van der Waals surface area (Å²) in [6.45, 7) is 5.10. The number of amides is 1. The van der Waals surface area contributed by atoms with Crippen molar-refractivity contribution in [3.8, 4) is 0 Å². The van der Waals surface area contributed by atoms with Gasteiger partial charge in [-0.05, 0) is 18.8 Å². The maximum absolute atomic E-state index is 12.3. The third-order valence-electron chi connectivity index (χ3n) is 3.89. The molecule has 2 N–H and O–H groups in total. The first-order chi connectivity index (χ1) is 9.11. The fourth-order valence-corrected chi connectivity index (χ4v) is 2.59. The molecular weight excluding hydrogens is 242 g/mol. The molecule has 0 bridgehead atoms. The van der Waals surface area contributed by atoms with Gasteiger partial charge in [0.15, 0.2) is 0 Å². The maximum atomic E-state index is 12.3. The van der Waals surface area contributed by atoms with Crippen LogP contribution in [0.4, 0.5) is 0 Å². The van der Waals surface area contributed by atoms with Crippen LogP contribution in [0, 0.1) is 11.8 Å². The van der Waals surface area contributed by atoms with E-state index in [1.165, 1.54) is 0 Å². The summed E-state index contributed by atoms with van der Waals surface area (Å²) in [6, 6.07) is 0.0548. The maximum Gasteiger partial charge on any atom is 0.223 e. The summed E-state index contributed by atoms with van der Waals surface area (Å²) in [5.41, 5.74) is 0. The highest BCUT2D eigenvalue weighted by atomic mass is 16.3. The van der Waals surface area contributed by atoms with Gasteiger partial charge in [0.2, 0.25) is 5.91 Å². The Hall–Kier alpha value is -1.36. The third kappa shape index (κ3) is 3.35. The largest absolute Gasteiger partial charge is 0.396 e. The number of hydrogen-bond donors (Lipinski definition) is 2. The molecule has 2 heterocycles. The number of imidazole rings is 1. The molecule has 2 atom stereocenters. The Morgan fingerprint density at radius 1 is 1.63 bits per heavy atom. The van der Waals surface area contributed by atoms with E-state index in [1.54, 1.807) is 6.20 Å². The number of aromatic nitrogens is 2. The number of rotatable bonds is 5. The Balaban J connectivity index is 1.93. The molecule has 1 aromatic heterocycles. The van der Waals surface area contributed by atoms with Crippen molar-refractivity contribution in [2.75, 3.05) is 6.61 Å². The van der Waals surface area contributed by atoms with Crippen LogP contribution in [0.3, 0.4) is 0 Å². The molecule has 5 nitrogen and oxygen atoms in total. The zero-order chi connectivity index (χ0) is 13.8. The second-order valence-electron chi connectivity index (χ2n) is 5.60. The second-order valence-corrected chi connectivity index (χ2v) is 5.60. The predicted octanol–water partition coefficient (Wildman–Crippen LogP) is 0.969. The van der Waals surface area contributed by atoms with E-state index in [9.17, 15) is 4.79 Å². The van der Waals surface area contributed by atoms with Gasteiger partial charge in [-0.3, -0.25) is 4.79 Å². The summed E-state index contributed by atoms with van der Waals surface area (Å²) >= 11 is 0. The van der Waals surface area contributed by atoms with E-state index < -0.39 is 0 Å². The van der Waals surface area contributed by atoms with E-state index in [2.05, 4.69) is 28.7 Å². The quantitative estimate of drug-likeness (QED) is 0.833. The zero-order valence-electron chi connectivity index (χ0n) is 11.7. The highest BCUT2D eigenvalue weighted by molar-refractivity contribution is 5.79. The molecular formula is C14H23N3O2. The van der Waals surface area contributed by atoms with E-state index in [1.807, 2.05) is 6.20 Å². The molecule has 0 aromatic carbocycles. The number of carbonyl (C=O) groups is 1. The lowest BCUT2D eigenvalue weighted by molar-refractivity contribution is -0.126. The predicted molar refractivity (Wildman–Crippen MR) is 72.5 cm³/mol. The summed E-state index contributed by atoms with van der Waals surface area (Å²) in [6.07, 6.45) is 5.94. The first-order valence-corrected chi connectivity index (χ1v) is 7.03. The molecule has 0 radical (unpaired) electrons. The molecule has 0 spiro atoms. The van der Waals surface area contributed by atoms with E-state index >= 15 is 0 Å². The molecule has 0 aliphatic carbocycles. The molecule has 1 aliphatic rings. The van der Waals surface area contributed by atoms with Gasteiger partial charge in [0.1, 0.15) is 5.82 Å². The van der Waals surface area contributed by atoms with Crippen molar-refractivity contribution in [2.24, 2.45) is 11.8 Å². The van der Waals surface area contributed by atoms with E-state index in [-0.39, 0.29) is 24.5 Å². The van der Waals surface area contributed by atoms with Crippen LogP contribution < -0.4 is 5.32 Å². The van der Waals surface area contributed by atoms with Gasteiger partial charge in [-0.15, -0.1) is 0 Å². The Bertz CT molecular complexity index is 428. The molecule has 2 rings (SSSR count). The molecule has 5 heteroatoms. The van der Waals surface area contributed by atoms with Crippen LogP contribution in [-0.4, -0.2) is 33.2 Å². The average molecular weight is 265 g/mol. The lowest BCUT2D eigenvalue weighted by Gasteiger charge is -2.27. The molecule has 106 valence electrons. The van der Waals surface area contributed by atoms with Crippen LogP contribution in [0.15, 0.2) is 12.4 Å². The number of nitrogens with zero attached hydrogens (tertiary/aromatic N) is 2. The minimum absolute atomic E-state index is 0.00911. The van der Waals surface area contributed by atoms with Crippen LogP contribution in [0.1, 0.15) is 32.5 Å².